The maximum Gasteiger partial charge on any atom is 0.490 e. The molecule has 3 rings (SSSR count). The molecule has 45 heavy (non-hydrogen) atoms. The minimum absolute atomic E-state index is 0.0277. The number of alkyl halides is 3. The predicted molar refractivity (Wildman–Crippen MR) is 162 cm³/mol. The summed E-state index contributed by atoms with van der Waals surface area (Å²) in [5, 5.41) is 5.75. The molecule has 1 aliphatic heterocycles. The number of hydrogen-bond donors (Lipinski definition) is 2. The van der Waals surface area contributed by atoms with Crippen molar-refractivity contribution < 1.29 is 41.8 Å². The first kappa shape index (κ1) is 35.3. The molecule has 1 aliphatic rings. The zero-order valence-electron chi connectivity index (χ0n) is 25.6. The highest BCUT2D eigenvalue weighted by Gasteiger charge is 2.40. The van der Waals surface area contributed by atoms with Crippen LogP contribution in [0, 0.1) is 5.92 Å². The number of esters is 1. The van der Waals surface area contributed by atoms with Crippen LogP contribution in [0.2, 0.25) is 0 Å². The van der Waals surface area contributed by atoms with Gasteiger partial charge >= 0.3 is 12.1 Å². The van der Waals surface area contributed by atoms with Gasteiger partial charge in [0.1, 0.15) is 18.4 Å². The van der Waals surface area contributed by atoms with Crippen LogP contribution in [0.3, 0.4) is 0 Å². The zero-order chi connectivity index (χ0) is 33.0. The van der Waals surface area contributed by atoms with Crippen molar-refractivity contribution >= 4 is 23.6 Å². The van der Waals surface area contributed by atoms with Crippen LogP contribution in [-0.2, 0) is 25.5 Å². The lowest BCUT2D eigenvalue weighted by atomic mass is 9.98. The van der Waals surface area contributed by atoms with Gasteiger partial charge in [-0.05, 0) is 49.1 Å². The number of halogens is 3. The highest BCUT2D eigenvalue weighted by Crippen LogP contribution is 2.20. The fourth-order valence-corrected chi connectivity index (χ4v) is 4.99. The topological polar surface area (TPSA) is 114 Å². The van der Waals surface area contributed by atoms with Crippen LogP contribution in [-0.4, -0.2) is 79.6 Å². The average Bonchev–Trinajstić information content (AvgIpc) is 3.02. The van der Waals surface area contributed by atoms with Gasteiger partial charge in [0.2, 0.25) is 11.8 Å². The van der Waals surface area contributed by atoms with Gasteiger partial charge in [-0.15, -0.1) is 0 Å². The number of hydrogen-bond acceptors (Lipinski definition) is 7. The van der Waals surface area contributed by atoms with E-state index in [9.17, 15) is 32.3 Å². The van der Waals surface area contributed by atoms with E-state index in [1.165, 1.54) is 19.3 Å². The molecule has 2 aromatic carbocycles. The number of nitrogens with one attached hydrogen (secondary N) is 2. The van der Waals surface area contributed by atoms with E-state index < -0.39 is 42.8 Å². The molecule has 0 saturated carbocycles. The Bertz CT molecular complexity index is 1330. The summed E-state index contributed by atoms with van der Waals surface area (Å²) in [6, 6.07) is 13.8. The first-order valence-corrected chi connectivity index (χ1v) is 14.9. The lowest BCUT2D eigenvalue weighted by Crippen LogP contribution is -2.57. The average molecular weight is 632 g/mol. The van der Waals surface area contributed by atoms with Crippen LogP contribution in [0.5, 0.6) is 5.75 Å². The standard InChI is InChI=1S/C33H40F3N3O6/c1-22(2)26(15-10-18-45-32(43)33(34,35)36)37-30(41)27(19-23-11-5-4-6-12-23)38-31(42)28-16-7-8-17-39(28)21-29(40)24-13-9-14-25(20-24)44-3/h4-6,9-15,20,22,26-28H,7-8,16-19,21H2,1-3H3,(H,37,41)(H,38,42)/b15-10+/t26-,27+,28?/m1/s1. The number of nitrogens with zero attached hydrogens (tertiary/aromatic N) is 1. The van der Waals surface area contributed by atoms with E-state index in [0.717, 1.165) is 18.4 Å². The normalized spacial score (nSPS) is 17.0. The Hall–Kier alpha value is -4.19. The predicted octanol–water partition coefficient (Wildman–Crippen LogP) is 4.26. The summed E-state index contributed by atoms with van der Waals surface area (Å²) >= 11 is 0. The van der Waals surface area contributed by atoms with Crippen molar-refractivity contribution in [3.05, 3.63) is 77.9 Å². The van der Waals surface area contributed by atoms with E-state index in [1.54, 1.807) is 38.1 Å². The Morgan fingerprint density at radius 2 is 1.76 bits per heavy atom. The molecule has 2 amide bonds. The number of piperidine rings is 1. The Labute approximate surface area is 261 Å². The molecule has 12 heteroatoms. The van der Waals surface area contributed by atoms with Gasteiger partial charge in [-0.1, -0.05) is 68.8 Å². The van der Waals surface area contributed by atoms with E-state index in [2.05, 4.69) is 15.4 Å². The van der Waals surface area contributed by atoms with E-state index >= 15 is 0 Å². The van der Waals surface area contributed by atoms with Crippen molar-refractivity contribution in [3.63, 3.8) is 0 Å². The van der Waals surface area contributed by atoms with Gasteiger partial charge in [0, 0.05) is 18.0 Å². The fourth-order valence-electron chi connectivity index (χ4n) is 4.99. The van der Waals surface area contributed by atoms with Gasteiger partial charge in [0.25, 0.3) is 0 Å². The van der Waals surface area contributed by atoms with Crippen LogP contribution in [0.15, 0.2) is 66.7 Å². The van der Waals surface area contributed by atoms with Crippen LogP contribution in [0.25, 0.3) is 0 Å². The highest BCUT2D eigenvalue weighted by molar-refractivity contribution is 5.98. The number of ether oxygens (including phenoxy) is 2. The molecular weight excluding hydrogens is 591 g/mol. The minimum Gasteiger partial charge on any atom is -0.497 e. The maximum absolute atomic E-state index is 13.7. The highest BCUT2D eigenvalue weighted by atomic mass is 19.4. The molecule has 3 atom stereocenters. The molecular formula is C33H40F3N3O6. The van der Waals surface area contributed by atoms with Gasteiger partial charge < -0.3 is 20.1 Å². The second kappa shape index (κ2) is 16.8. The number of methoxy groups -OCH3 is 1. The Balaban J connectivity index is 1.73. The molecule has 1 fully saturated rings. The van der Waals surface area contributed by atoms with Crippen LogP contribution in [0.1, 0.15) is 49.0 Å². The molecule has 1 unspecified atom stereocenters. The van der Waals surface area contributed by atoms with Gasteiger partial charge in [-0.2, -0.15) is 13.2 Å². The molecule has 244 valence electrons. The molecule has 0 aliphatic carbocycles. The third-order valence-electron chi connectivity index (χ3n) is 7.48. The molecule has 1 saturated heterocycles. The number of ketones is 1. The lowest BCUT2D eigenvalue weighted by molar-refractivity contribution is -0.198. The fraction of sp³-hybridized carbons (Fsp3) is 0.455. The van der Waals surface area contributed by atoms with Crippen LogP contribution in [0.4, 0.5) is 13.2 Å². The van der Waals surface area contributed by atoms with Gasteiger partial charge in [-0.25, -0.2) is 4.79 Å². The van der Waals surface area contributed by atoms with Crippen LogP contribution >= 0.6 is 0 Å². The summed E-state index contributed by atoms with van der Waals surface area (Å²) in [6.07, 6.45) is -0.0884. The van der Waals surface area contributed by atoms with Crippen molar-refractivity contribution in [1.82, 2.24) is 15.5 Å². The smallest absolute Gasteiger partial charge is 0.490 e. The molecule has 2 N–H and O–H groups in total. The van der Waals surface area contributed by atoms with Crippen molar-refractivity contribution in [2.24, 2.45) is 5.92 Å². The van der Waals surface area contributed by atoms with E-state index in [4.69, 9.17) is 4.74 Å². The SMILES string of the molecule is COc1cccc(C(=O)CN2CCCCC2C(=O)N[C@@H](Cc2ccccc2)C(=O)N[C@H](/C=C/COC(=O)C(F)(F)F)C(C)C)c1. The van der Waals surface area contributed by atoms with Crippen LogP contribution < -0.4 is 15.4 Å². The van der Waals surface area contributed by atoms with Crippen molar-refractivity contribution in [2.75, 3.05) is 26.8 Å². The number of amides is 2. The number of carbonyl (C=O) groups excluding carboxylic acids is 4. The summed E-state index contributed by atoms with van der Waals surface area (Å²) in [6.45, 7) is 3.57. The maximum atomic E-state index is 13.7. The molecule has 1 heterocycles. The van der Waals surface area contributed by atoms with Gasteiger partial charge in [0.05, 0.1) is 19.7 Å². The van der Waals surface area contributed by atoms with Crippen molar-refractivity contribution in [2.45, 2.75) is 63.8 Å². The number of carbonyl (C=O) groups is 4. The number of benzene rings is 2. The second-order valence-corrected chi connectivity index (χ2v) is 11.2. The Morgan fingerprint density at radius 1 is 1.02 bits per heavy atom. The molecule has 0 radical (unpaired) electrons. The summed E-state index contributed by atoms with van der Waals surface area (Å²) in [4.78, 5) is 53.2. The Morgan fingerprint density at radius 3 is 2.42 bits per heavy atom. The first-order valence-electron chi connectivity index (χ1n) is 14.9. The monoisotopic (exact) mass is 631 g/mol. The largest absolute Gasteiger partial charge is 0.497 e. The van der Waals surface area contributed by atoms with Crippen molar-refractivity contribution in [1.29, 1.82) is 0 Å². The summed E-state index contributed by atoms with van der Waals surface area (Å²) in [5.41, 5.74) is 1.28. The molecule has 2 aromatic rings. The summed E-state index contributed by atoms with van der Waals surface area (Å²) in [7, 11) is 1.52. The summed E-state index contributed by atoms with van der Waals surface area (Å²) in [5.74, 6) is -2.93. The first-order chi connectivity index (χ1) is 21.4. The van der Waals surface area contributed by atoms with E-state index in [0.29, 0.717) is 24.3 Å². The molecule has 9 nitrogen and oxygen atoms in total. The third-order valence-corrected chi connectivity index (χ3v) is 7.48. The second-order valence-electron chi connectivity index (χ2n) is 11.2. The number of Topliss-reactive ketones (excluding diaryl/α,β-unsaturated/α-hetero) is 1. The van der Waals surface area contributed by atoms with Crippen molar-refractivity contribution in [3.8, 4) is 5.75 Å². The quantitative estimate of drug-likeness (QED) is 0.182. The summed E-state index contributed by atoms with van der Waals surface area (Å²) < 4.78 is 46.7. The number of rotatable bonds is 14. The third kappa shape index (κ3) is 11.0. The molecule has 0 spiro atoms. The number of likely N-dealkylation sites (tertiary alicyclic amines) is 1. The lowest BCUT2D eigenvalue weighted by Gasteiger charge is -2.35. The minimum atomic E-state index is -5.10. The van der Waals surface area contributed by atoms with E-state index in [-0.39, 0.29) is 30.6 Å². The Kier molecular flexibility index (Phi) is 13.1. The molecule has 0 aromatic heterocycles. The van der Waals surface area contributed by atoms with E-state index in [1.807, 2.05) is 35.2 Å². The van der Waals surface area contributed by atoms with Gasteiger partial charge in [0.15, 0.2) is 5.78 Å². The molecule has 0 bridgehead atoms. The van der Waals surface area contributed by atoms with Gasteiger partial charge in [-0.3, -0.25) is 19.3 Å². The zero-order valence-corrected chi connectivity index (χ0v) is 25.6.